The number of thioether (sulfide) groups is 1. The number of nitrogens with one attached hydrogen (secondary N) is 1. The first kappa shape index (κ1) is 16.7. The van der Waals surface area contributed by atoms with Crippen molar-refractivity contribution in [3.05, 3.63) is 29.3 Å². The van der Waals surface area contributed by atoms with E-state index in [9.17, 15) is 13.2 Å². The molecule has 22 heavy (non-hydrogen) atoms. The lowest BCUT2D eigenvalue weighted by Crippen LogP contribution is -2.15. The Kier molecular flexibility index (Phi) is 5.04. The van der Waals surface area contributed by atoms with Gasteiger partial charge in [-0.05, 0) is 30.9 Å². The van der Waals surface area contributed by atoms with Crippen LogP contribution in [-0.4, -0.2) is 38.0 Å². The first-order valence-electron chi connectivity index (χ1n) is 5.96. The number of anilines is 1. The molecule has 0 radical (unpaired) electrons. The third-order valence-electron chi connectivity index (χ3n) is 2.70. The minimum absolute atomic E-state index is 0.00342. The highest BCUT2D eigenvalue weighted by atomic mass is 32.2. The average Bonchev–Trinajstić information content (AvgIpc) is 2.93. The quantitative estimate of drug-likeness (QED) is 0.645. The summed E-state index contributed by atoms with van der Waals surface area (Å²) in [7, 11) is -2.63. The molecule has 7 nitrogen and oxygen atoms in total. The molecule has 10 heteroatoms. The van der Waals surface area contributed by atoms with Gasteiger partial charge in [-0.2, -0.15) is 0 Å². The number of carbonyl (C=O) groups excluding carboxylic acids is 1. The van der Waals surface area contributed by atoms with Crippen LogP contribution < -0.4 is 4.72 Å². The van der Waals surface area contributed by atoms with Crippen molar-refractivity contribution in [3.63, 3.8) is 0 Å². The van der Waals surface area contributed by atoms with Crippen molar-refractivity contribution < 1.29 is 17.9 Å². The Hall–Kier alpha value is -1.65. The van der Waals surface area contributed by atoms with E-state index in [1.54, 1.807) is 13.0 Å². The summed E-state index contributed by atoms with van der Waals surface area (Å²) in [5.41, 5.74) is 0.672. The summed E-state index contributed by atoms with van der Waals surface area (Å²) in [5, 5.41) is 7.76. The second kappa shape index (κ2) is 6.63. The summed E-state index contributed by atoms with van der Waals surface area (Å²) in [6.45, 7) is 1.64. The van der Waals surface area contributed by atoms with Gasteiger partial charge in [0.25, 0.3) is 10.0 Å². The van der Waals surface area contributed by atoms with E-state index in [4.69, 9.17) is 0 Å². The van der Waals surface area contributed by atoms with Gasteiger partial charge in [0.15, 0.2) is 4.34 Å². The van der Waals surface area contributed by atoms with E-state index in [-0.39, 0.29) is 15.6 Å². The summed E-state index contributed by atoms with van der Waals surface area (Å²) in [6, 6.07) is 4.34. The molecular formula is C12H13N3O4S3. The molecular weight excluding hydrogens is 346 g/mol. The normalized spacial score (nSPS) is 11.2. The predicted octanol–water partition coefficient (Wildman–Crippen LogP) is 2.16. The van der Waals surface area contributed by atoms with Crippen LogP contribution in [0.5, 0.6) is 0 Å². The van der Waals surface area contributed by atoms with Crippen LogP contribution in [0.4, 0.5) is 5.13 Å². The molecule has 0 bridgehead atoms. The summed E-state index contributed by atoms with van der Waals surface area (Å²) >= 11 is 2.51. The van der Waals surface area contributed by atoms with Gasteiger partial charge >= 0.3 is 5.97 Å². The van der Waals surface area contributed by atoms with Crippen molar-refractivity contribution in [3.8, 4) is 0 Å². The van der Waals surface area contributed by atoms with Crippen LogP contribution in [0.1, 0.15) is 15.9 Å². The Bertz CT molecular complexity index is 802. The topological polar surface area (TPSA) is 98.2 Å². The molecule has 118 valence electrons. The molecule has 2 rings (SSSR count). The molecule has 1 aromatic carbocycles. The zero-order valence-corrected chi connectivity index (χ0v) is 14.4. The Morgan fingerprint density at radius 3 is 2.68 bits per heavy atom. The number of aryl methyl sites for hydroxylation is 1. The predicted molar refractivity (Wildman–Crippen MR) is 85.0 cm³/mol. The fourth-order valence-electron chi connectivity index (χ4n) is 1.64. The van der Waals surface area contributed by atoms with Gasteiger partial charge < -0.3 is 4.74 Å². The molecule has 0 unspecified atom stereocenters. The second-order valence-electron chi connectivity index (χ2n) is 4.15. The molecule has 0 amide bonds. The molecule has 2 aromatic rings. The zero-order valence-electron chi connectivity index (χ0n) is 12.0. The number of carbonyl (C=O) groups is 1. The van der Waals surface area contributed by atoms with E-state index in [2.05, 4.69) is 19.7 Å². The Labute approximate surface area is 136 Å². The largest absolute Gasteiger partial charge is 0.465 e. The van der Waals surface area contributed by atoms with Crippen molar-refractivity contribution in [2.24, 2.45) is 0 Å². The molecule has 1 N–H and O–H groups in total. The molecule has 0 atom stereocenters. The lowest BCUT2D eigenvalue weighted by Gasteiger charge is -2.09. The molecule has 0 spiro atoms. The van der Waals surface area contributed by atoms with Gasteiger partial charge in [0, 0.05) is 0 Å². The van der Waals surface area contributed by atoms with E-state index < -0.39 is 16.0 Å². The van der Waals surface area contributed by atoms with Gasteiger partial charge in [-0.3, -0.25) is 4.72 Å². The van der Waals surface area contributed by atoms with Gasteiger partial charge in [-0.15, -0.1) is 10.2 Å². The number of hydrogen-bond acceptors (Lipinski definition) is 8. The van der Waals surface area contributed by atoms with Crippen LogP contribution >= 0.6 is 23.1 Å². The van der Waals surface area contributed by atoms with Gasteiger partial charge in [-0.25, -0.2) is 13.2 Å². The lowest BCUT2D eigenvalue weighted by molar-refractivity contribution is 0.0600. The SMILES string of the molecule is COC(=O)c1ccc(C)c(S(=O)(=O)Nc2nnc(SC)s2)c1. The minimum Gasteiger partial charge on any atom is -0.465 e. The molecule has 0 saturated heterocycles. The van der Waals surface area contributed by atoms with Crippen LogP contribution in [0.25, 0.3) is 0 Å². The Morgan fingerprint density at radius 1 is 1.36 bits per heavy atom. The van der Waals surface area contributed by atoms with Gasteiger partial charge in [0.1, 0.15) is 0 Å². The highest BCUT2D eigenvalue weighted by Crippen LogP contribution is 2.26. The Balaban J connectivity index is 2.38. The highest BCUT2D eigenvalue weighted by Gasteiger charge is 2.21. The fourth-order valence-corrected chi connectivity index (χ4v) is 4.31. The third kappa shape index (κ3) is 3.57. The first-order valence-corrected chi connectivity index (χ1v) is 9.49. The van der Waals surface area contributed by atoms with Gasteiger partial charge in [-0.1, -0.05) is 29.2 Å². The molecule has 0 aliphatic rings. The average molecular weight is 359 g/mol. The van der Waals surface area contributed by atoms with E-state index in [0.717, 1.165) is 11.3 Å². The molecule has 1 heterocycles. The minimum atomic E-state index is -3.86. The molecule has 0 aliphatic heterocycles. The van der Waals surface area contributed by atoms with E-state index in [0.29, 0.717) is 9.90 Å². The summed E-state index contributed by atoms with van der Waals surface area (Å²) in [5.74, 6) is -0.600. The van der Waals surface area contributed by atoms with Crippen molar-refractivity contribution >= 4 is 44.2 Å². The summed E-state index contributed by atoms with van der Waals surface area (Å²) in [6.07, 6.45) is 1.82. The first-order chi connectivity index (χ1) is 10.4. The van der Waals surface area contributed by atoms with Gasteiger partial charge in [0.05, 0.1) is 17.6 Å². The number of ether oxygens (including phenoxy) is 1. The van der Waals surface area contributed by atoms with Gasteiger partial charge in [0.2, 0.25) is 5.13 Å². The van der Waals surface area contributed by atoms with Crippen molar-refractivity contribution in [1.29, 1.82) is 0 Å². The van der Waals surface area contributed by atoms with Crippen molar-refractivity contribution in [1.82, 2.24) is 10.2 Å². The number of nitrogens with zero attached hydrogens (tertiary/aromatic N) is 2. The third-order valence-corrected chi connectivity index (χ3v) is 6.13. The molecule has 1 aromatic heterocycles. The van der Waals surface area contributed by atoms with Crippen LogP contribution in [-0.2, 0) is 14.8 Å². The smallest absolute Gasteiger partial charge is 0.337 e. The van der Waals surface area contributed by atoms with Crippen LogP contribution in [0.2, 0.25) is 0 Å². The summed E-state index contributed by atoms with van der Waals surface area (Å²) in [4.78, 5) is 11.5. The maximum Gasteiger partial charge on any atom is 0.337 e. The van der Waals surface area contributed by atoms with Crippen molar-refractivity contribution in [2.45, 2.75) is 16.2 Å². The number of benzene rings is 1. The molecule has 0 saturated carbocycles. The van der Waals surface area contributed by atoms with Crippen LogP contribution in [0.15, 0.2) is 27.4 Å². The fraction of sp³-hybridized carbons (Fsp3) is 0.250. The maximum atomic E-state index is 12.5. The Morgan fingerprint density at radius 2 is 2.09 bits per heavy atom. The number of rotatable bonds is 5. The van der Waals surface area contributed by atoms with Crippen LogP contribution in [0.3, 0.4) is 0 Å². The molecule has 0 fully saturated rings. The number of hydrogen-bond donors (Lipinski definition) is 1. The monoisotopic (exact) mass is 359 g/mol. The number of methoxy groups -OCH3 is 1. The van der Waals surface area contributed by atoms with E-state index in [1.165, 1.54) is 31.0 Å². The number of sulfonamides is 1. The molecule has 0 aliphatic carbocycles. The van der Waals surface area contributed by atoms with Crippen molar-refractivity contribution in [2.75, 3.05) is 18.1 Å². The number of esters is 1. The highest BCUT2D eigenvalue weighted by molar-refractivity contribution is 8.00. The lowest BCUT2D eigenvalue weighted by atomic mass is 10.1. The summed E-state index contributed by atoms with van der Waals surface area (Å²) < 4.78 is 32.5. The van der Waals surface area contributed by atoms with E-state index >= 15 is 0 Å². The second-order valence-corrected chi connectivity index (χ2v) is 7.84. The van der Waals surface area contributed by atoms with Crippen LogP contribution in [0, 0.1) is 6.92 Å². The number of aromatic nitrogens is 2. The zero-order chi connectivity index (χ0) is 16.3. The van der Waals surface area contributed by atoms with E-state index in [1.807, 2.05) is 6.26 Å². The standard InChI is InChI=1S/C12H13N3O4S3/c1-7-4-5-8(10(16)19-2)6-9(7)22(17,18)15-11-13-14-12(20-3)21-11/h4-6H,1-3H3,(H,13,15). The maximum absolute atomic E-state index is 12.5.